The fourth-order valence-electron chi connectivity index (χ4n) is 1.97. The number of hydrogen-bond donors (Lipinski definition) is 0. The standard InChI is InChI=1S/C16H11Cl2N3OS/c17-12-6-13(18)8-14(7-12)21-16(22)20-15(9-19-21)23-10-11-4-2-1-3-5-11/h1-9H,10H2. The molecule has 4 nitrogen and oxygen atoms in total. The molecule has 7 heteroatoms. The largest absolute Gasteiger partial charge is 0.369 e. The van der Waals surface area contributed by atoms with Gasteiger partial charge in [-0.05, 0) is 23.8 Å². The van der Waals surface area contributed by atoms with Gasteiger partial charge in [0.05, 0.1) is 11.9 Å². The second kappa shape index (κ2) is 7.17. The highest BCUT2D eigenvalue weighted by Crippen LogP contribution is 2.21. The molecule has 3 rings (SSSR count). The van der Waals surface area contributed by atoms with Crippen molar-refractivity contribution in [3.63, 3.8) is 0 Å². The molecule has 1 aromatic heterocycles. The second-order valence-electron chi connectivity index (χ2n) is 4.69. The molecule has 0 atom stereocenters. The first kappa shape index (κ1) is 16.1. The second-order valence-corrected chi connectivity index (χ2v) is 6.56. The zero-order valence-corrected chi connectivity index (χ0v) is 14.1. The zero-order valence-electron chi connectivity index (χ0n) is 11.8. The summed E-state index contributed by atoms with van der Waals surface area (Å²) in [6.45, 7) is 0. The van der Waals surface area contributed by atoms with Crippen LogP contribution in [0.2, 0.25) is 10.0 Å². The maximum absolute atomic E-state index is 12.2. The fraction of sp³-hybridized carbons (Fsp3) is 0.0625. The van der Waals surface area contributed by atoms with Gasteiger partial charge in [-0.2, -0.15) is 14.8 Å². The molecule has 0 saturated carbocycles. The number of hydrogen-bond acceptors (Lipinski definition) is 4. The van der Waals surface area contributed by atoms with Gasteiger partial charge in [-0.15, -0.1) is 0 Å². The van der Waals surface area contributed by atoms with Gasteiger partial charge in [-0.3, -0.25) is 0 Å². The Kier molecular flexibility index (Phi) is 5.00. The molecule has 0 fully saturated rings. The van der Waals surface area contributed by atoms with Crippen molar-refractivity contribution in [2.24, 2.45) is 0 Å². The average molecular weight is 364 g/mol. The van der Waals surface area contributed by atoms with Gasteiger partial charge in [0.1, 0.15) is 5.03 Å². The molecule has 0 spiro atoms. The molecular formula is C16H11Cl2N3OS. The third-order valence-electron chi connectivity index (χ3n) is 2.99. The van der Waals surface area contributed by atoms with Gasteiger partial charge in [0.25, 0.3) is 0 Å². The highest BCUT2D eigenvalue weighted by atomic mass is 35.5. The summed E-state index contributed by atoms with van der Waals surface area (Å²) in [6.07, 6.45) is 1.56. The predicted octanol–water partition coefficient (Wildman–Crippen LogP) is 4.23. The van der Waals surface area contributed by atoms with E-state index in [1.807, 2.05) is 30.3 Å². The van der Waals surface area contributed by atoms with Crippen molar-refractivity contribution >= 4 is 35.0 Å². The monoisotopic (exact) mass is 363 g/mol. The Morgan fingerprint density at radius 1 is 1.04 bits per heavy atom. The molecule has 0 aliphatic rings. The minimum Gasteiger partial charge on any atom is -0.244 e. The van der Waals surface area contributed by atoms with Crippen LogP contribution < -0.4 is 5.69 Å². The quantitative estimate of drug-likeness (QED) is 0.650. The lowest BCUT2D eigenvalue weighted by Crippen LogP contribution is -2.24. The normalized spacial score (nSPS) is 10.7. The Hall–Kier alpha value is -1.82. The molecule has 23 heavy (non-hydrogen) atoms. The Balaban J connectivity index is 1.82. The van der Waals surface area contributed by atoms with Crippen LogP contribution in [0.25, 0.3) is 5.69 Å². The number of aromatic nitrogens is 3. The van der Waals surface area contributed by atoms with Crippen molar-refractivity contribution in [2.45, 2.75) is 10.8 Å². The maximum atomic E-state index is 12.2. The van der Waals surface area contributed by atoms with Gasteiger partial charge >= 0.3 is 5.69 Å². The van der Waals surface area contributed by atoms with Gasteiger partial charge in [0.15, 0.2) is 0 Å². The molecule has 3 aromatic rings. The van der Waals surface area contributed by atoms with Crippen molar-refractivity contribution < 1.29 is 0 Å². The van der Waals surface area contributed by atoms with Crippen LogP contribution in [0.4, 0.5) is 0 Å². The van der Waals surface area contributed by atoms with Crippen molar-refractivity contribution in [3.8, 4) is 5.69 Å². The summed E-state index contributed by atoms with van der Waals surface area (Å²) in [7, 11) is 0. The van der Waals surface area contributed by atoms with Crippen molar-refractivity contribution in [2.75, 3.05) is 0 Å². The summed E-state index contributed by atoms with van der Waals surface area (Å²) in [4.78, 5) is 16.2. The number of benzene rings is 2. The number of rotatable bonds is 4. The minimum absolute atomic E-state index is 0.434. The van der Waals surface area contributed by atoms with Crippen molar-refractivity contribution in [1.29, 1.82) is 0 Å². The smallest absolute Gasteiger partial charge is 0.244 e. The Morgan fingerprint density at radius 3 is 2.39 bits per heavy atom. The van der Waals surface area contributed by atoms with E-state index in [0.29, 0.717) is 20.8 Å². The lowest BCUT2D eigenvalue weighted by Gasteiger charge is -2.06. The average Bonchev–Trinajstić information content (AvgIpc) is 2.53. The Bertz CT molecular complexity index is 864. The van der Waals surface area contributed by atoms with E-state index in [4.69, 9.17) is 23.2 Å². The summed E-state index contributed by atoms with van der Waals surface area (Å²) >= 11 is 13.4. The Morgan fingerprint density at radius 2 is 1.74 bits per heavy atom. The zero-order chi connectivity index (χ0) is 16.2. The lowest BCUT2D eigenvalue weighted by molar-refractivity contribution is 0.729. The van der Waals surface area contributed by atoms with Crippen LogP contribution >= 0.6 is 35.0 Å². The number of thioether (sulfide) groups is 1. The first-order chi connectivity index (χ1) is 11.1. The third-order valence-corrected chi connectivity index (χ3v) is 4.40. The summed E-state index contributed by atoms with van der Waals surface area (Å²) in [5, 5.41) is 5.59. The van der Waals surface area contributed by atoms with E-state index in [2.05, 4.69) is 10.1 Å². The lowest BCUT2D eigenvalue weighted by atomic mass is 10.2. The molecule has 0 radical (unpaired) electrons. The molecule has 0 aliphatic carbocycles. The van der Waals surface area contributed by atoms with E-state index >= 15 is 0 Å². The first-order valence-corrected chi connectivity index (χ1v) is 8.45. The molecule has 2 aromatic carbocycles. The molecule has 1 heterocycles. The van der Waals surface area contributed by atoms with Crippen LogP contribution in [-0.2, 0) is 5.75 Å². The van der Waals surface area contributed by atoms with Gasteiger partial charge in [0.2, 0.25) is 0 Å². The van der Waals surface area contributed by atoms with Crippen molar-refractivity contribution in [3.05, 3.63) is 80.8 Å². The highest BCUT2D eigenvalue weighted by Gasteiger charge is 2.07. The summed E-state index contributed by atoms with van der Waals surface area (Å²) in [6, 6.07) is 14.8. The van der Waals surface area contributed by atoms with Gasteiger partial charge in [0, 0.05) is 15.8 Å². The van der Waals surface area contributed by atoms with Gasteiger partial charge in [-0.25, -0.2) is 4.79 Å². The fourth-order valence-corrected chi connectivity index (χ4v) is 3.25. The first-order valence-electron chi connectivity index (χ1n) is 6.71. The van der Waals surface area contributed by atoms with E-state index in [1.165, 1.54) is 16.4 Å². The van der Waals surface area contributed by atoms with Crippen LogP contribution in [0, 0.1) is 0 Å². The van der Waals surface area contributed by atoms with Crippen LogP contribution in [0.1, 0.15) is 5.56 Å². The summed E-state index contributed by atoms with van der Waals surface area (Å²) < 4.78 is 1.17. The molecular weight excluding hydrogens is 353 g/mol. The molecule has 116 valence electrons. The van der Waals surface area contributed by atoms with E-state index in [1.54, 1.807) is 24.4 Å². The molecule has 0 bridgehead atoms. The van der Waals surface area contributed by atoms with Crippen LogP contribution in [-0.4, -0.2) is 14.8 Å². The SMILES string of the molecule is O=c1nc(SCc2ccccc2)cnn1-c1cc(Cl)cc(Cl)c1. The minimum atomic E-state index is -0.471. The topological polar surface area (TPSA) is 47.8 Å². The van der Waals surface area contributed by atoms with Crippen LogP contribution in [0.3, 0.4) is 0 Å². The van der Waals surface area contributed by atoms with Crippen LogP contribution in [0.5, 0.6) is 0 Å². The number of nitrogens with zero attached hydrogens (tertiary/aromatic N) is 3. The van der Waals surface area contributed by atoms with E-state index in [-0.39, 0.29) is 0 Å². The van der Waals surface area contributed by atoms with E-state index < -0.39 is 5.69 Å². The van der Waals surface area contributed by atoms with E-state index in [9.17, 15) is 4.79 Å². The number of halogens is 2. The van der Waals surface area contributed by atoms with Gasteiger partial charge < -0.3 is 0 Å². The summed E-state index contributed by atoms with van der Waals surface area (Å²) in [5.41, 5.74) is 1.17. The van der Waals surface area contributed by atoms with Gasteiger partial charge in [-0.1, -0.05) is 65.3 Å². The van der Waals surface area contributed by atoms with Crippen LogP contribution in [0.15, 0.2) is 64.5 Å². The molecule has 0 saturated heterocycles. The molecule has 0 amide bonds. The summed E-state index contributed by atoms with van der Waals surface area (Å²) in [5.74, 6) is 0.724. The molecule has 0 unspecified atom stereocenters. The predicted molar refractivity (Wildman–Crippen MR) is 93.7 cm³/mol. The van der Waals surface area contributed by atoms with Crippen molar-refractivity contribution in [1.82, 2.24) is 14.8 Å². The Labute approximate surface area is 147 Å². The highest BCUT2D eigenvalue weighted by molar-refractivity contribution is 7.98. The maximum Gasteiger partial charge on any atom is 0.369 e. The molecule has 0 N–H and O–H groups in total. The van der Waals surface area contributed by atoms with E-state index in [0.717, 1.165) is 11.3 Å². The third kappa shape index (κ3) is 4.13. The molecule has 0 aliphatic heterocycles.